The van der Waals surface area contributed by atoms with Gasteiger partial charge in [0.25, 0.3) is 24.1 Å². The standard InChI is InChI=1S/C22H20ClF5N4O6S/c23-16-6-5-15(39-16)19(34)29-9-14(30-21(36)38-10-17(24)25)20(35)32(22(26,27)28)13-3-1-12(2-4-13)31-7-8-37-11-18(31)33/h1-6,14,17H,7-11H2,(H,29,34)(H,30,36)/t14-/m1/s1. The minimum Gasteiger partial charge on any atom is -0.443 e. The lowest BCUT2D eigenvalue weighted by molar-refractivity contribution is -0.151. The number of alkyl carbamates (subject to hydrolysis) is 1. The molecule has 0 unspecified atom stereocenters. The molecule has 2 aromatic rings. The van der Waals surface area contributed by atoms with E-state index in [4.69, 9.17) is 16.3 Å². The van der Waals surface area contributed by atoms with Crippen LogP contribution >= 0.6 is 22.9 Å². The maximum absolute atomic E-state index is 14.1. The van der Waals surface area contributed by atoms with Gasteiger partial charge in [0, 0.05) is 18.8 Å². The fourth-order valence-corrected chi connectivity index (χ4v) is 4.33. The number of alkyl halides is 5. The SMILES string of the molecule is O=C(N[C@H](CNC(=O)c1ccc(Cl)s1)C(=O)N(c1ccc(N2CCOCC2=O)cc1)C(F)(F)F)OCC(F)F. The van der Waals surface area contributed by atoms with Crippen molar-refractivity contribution in [2.24, 2.45) is 0 Å². The zero-order valence-electron chi connectivity index (χ0n) is 19.7. The van der Waals surface area contributed by atoms with Crippen LogP contribution in [0.2, 0.25) is 4.34 Å². The summed E-state index contributed by atoms with van der Waals surface area (Å²) in [4.78, 5) is 50.2. The third kappa shape index (κ3) is 8.24. The Balaban J connectivity index is 1.84. The van der Waals surface area contributed by atoms with Crippen molar-refractivity contribution in [3.8, 4) is 0 Å². The fourth-order valence-electron chi connectivity index (χ4n) is 3.37. The Hall–Kier alpha value is -3.50. The number of amides is 4. The summed E-state index contributed by atoms with van der Waals surface area (Å²) in [7, 11) is 0. The predicted octanol–water partition coefficient (Wildman–Crippen LogP) is 3.41. The zero-order chi connectivity index (χ0) is 28.7. The number of hydrogen-bond donors (Lipinski definition) is 2. The number of carbonyl (C=O) groups is 4. The van der Waals surface area contributed by atoms with Crippen molar-refractivity contribution in [1.82, 2.24) is 10.6 Å². The van der Waals surface area contributed by atoms with E-state index >= 15 is 0 Å². The lowest BCUT2D eigenvalue weighted by atomic mass is 10.2. The van der Waals surface area contributed by atoms with Crippen molar-refractivity contribution in [2.75, 3.05) is 42.7 Å². The molecule has 1 aliphatic heterocycles. The molecule has 2 N–H and O–H groups in total. The lowest BCUT2D eigenvalue weighted by Gasteiger charge is -2.30. The van der Waals surface area contributed by atoms with E-state index in [1.54, 1.807) is 5.32 Å². The van der Waals surface area contributed by atoms with Crippen LogP contribution in [0, 0.1) is 0 Å². The number of thiophene rings is 1. The Bertz CT molecular complexity index is 1200. The number of nitrogens with zero attached hydrogens (tertiary/aromatic N) is 2. The van der Waals surface area contributed by atoms with Gasteiger partial charge in [-0.1, -0.05) is 11.6 Å². The normalized spacial score (nSPS) is 14.6. The highest BCUT2D eigenvalue weighted by atomic mass is 35.5. The molecule has 2 heterocycles. The Morgan fingerprint density at radius 1 is 1.15 bits per heavy atom. The van der Waals surface area contributed by atoms with E-state index in [0.717, 1.165) is 23.5 Å². The predicted molar refractivity (Wildman–Crippen MR) is 129 cm³/mol. The number of rotatable bonds is 9. The van der Waals surface area contributed by atoms with E-state index in [1.165, 1.54) is 29.2 Å². The molecule has 10 nitrogen and oxygen atoms in total. The van der Waals surface area contributed by atoms with Crippen LogP contribution in [0.15, 0.2) is 36.4 Å². The largest absolute Gasteiger partial charge is 0.491 e. The molecule has 212 valence electrons. The number of nitrogens with one attached hydrogen (secondary N) is 2. The van der Waals surface area contributed by atoms with E-state index in [0.29, 0.717) is 0 Å². The fraction of sp³-hybridized carbons (Fsp3) is 0.364. The van der Waals surface area contributed by atoms with Gasteiger partial charge in [0.05, 0.1) is 21.5 Å². The summed E-state index contributed by atoms with van der Waals surface area (Å²) < 4.78 is 76.5. The number of hydrogen-bond acceptors (Lipinski definition) is 7. The third-order valence-electron chi connectivity index (χ3n) is 5.07. The summed E-state index contributed by atoms with van der Waals surface area (Å²) in [6.45, 7) is -2.05. The van der Waals surface area contributed by atoms with E-state index in [2.05, 4.69) is 10.1 Å². The van der Waals surface area contributed by atoms with Gasteiger partial charge in [-0.15, -0.1) is 24.5 Å². The summed E-state index contributed by atoms with van der Waals surface area (Å²) in [5, 5.41) is 3.99. The van der Waals surface area contributed by atoms with Crippen LogP contribution in [0.25, 0.3) is 0 Å². The number of halogens is 6. The van der Waals surface area contributed by atoms with Gasteiger partial charge >= 0.3 is 12.4 Å². The van der Waals surface area contributed by atoms with Gasteiger partial charge in [0.15, 0.2) is 6.61 Å². The molecule has 1 aliphatic rings. The van der Waals surface area contributed by atoms with Crippen LogP contribution in [-0.4, -0.2) is 75.5 Å². The molecule has 0 aliphatic carbocycles. The lowest BCUT2D eigenvalue weighted by Crippen LogP contribution is -2.57. The Kier molecular flexibility index (Phi) is 10.0. The molecule has 1 aromatic heterocycles. The highest BCUT2D eigenvalue weighted by molar-refractivity contribution is 7.18. The van der Waals surface area contributed by atoms with Crippen LogP contribution in [0.5, 0.6) is 0 Å². The van der Waals surface area contributed by atoms with Crippen LogP contribution < -0.4 is 20.4 Å². The van der Waals surface area contributed by atoms with Crippen LogP contribution in [0.3, 0.4) is 0 Å². The molecule has 4 amide bonds. The van der Waals surface area contributed by atoms with Gasteiger partial charge < -0.3 is 25.0 Å². The number of anilines is 2. The summed E-state index contributed by atoms with van der Waals surface area (Å²) in [5.41, 5.74) is -0.421. The van der Waals surface area contributed by atoms with Gasteiger partial charge in [0.1, 0.15) is 12.6 Å². The van der Waals surface area contributed by atoms with Gasteiger partial charge in [-0.25, -0.2) is 18.5 Å². The monoisotopic (exact) mass is 598 g/mol. The number of morpholine rings is 1. The molecule has 1 atom stereocenters. The maximum atomic E-state index is 14.1. The van der Waals surface area contributed by atoms with Crippen LogP contribution in [0.4, 0.5) is 38.1 Å². The highest BCUT2D eigenvalue weighted by Gasteiger charge is 2.45. The van der Waals surface area contributed by atoms with Crippen LogP contribution in [-0.2, 0) is 19.1 Å². The summed E-state index contributed by atoms with van der Waals surface area (Å²) in [6, 6.07) is 4.87. The average Bonchev–Trinajstić information content (AvgIpc) is 3.31. The first-order valence-corrected chi connectivity index (χ1v) is 12.2. The highest BCUT2D eigenvalue weighted by Crippen LogP contribution is 2.31. The molecule has 1 fully saturated rings. The second kappa shape index (κ2) is 13.0. The molecule has 17 heteroatoms. The molecule has 0 spiro atoms. The second-order valence-corrected chi connectivity index (χ2v) is 9.47. The van der Waals surface area contributed by atoms with Crippen molar-refractivity contribution >= 4 is 58.1 Å². The number of ether oxygens (including phenoxy) is 2. The van der Waals surface area contributed by atoms with E-state index < -0.39 is 66.3 Å². The maximum Gasteiger partial charge on any atom is 0.491 e. The second-order valence-electron chi connectivity index (χ2n) is 7.76. The van der Waals surface area contributed by atoms with Gasteiger partial charge in [-0.3, -0.25) is 14.4 Å². The van der Waals surface area contributed by atoms with Gasteiger partial charge in [-0.05, 0) is 36.4 Å². The minimum absolute atomic E-state index is 0.0624. The molecule has 0 saturated carbocycles. The Morgan fingerprint density at radius 3 is 2.41 bits per heavy atom. The molecule has 1 saturated heterocycles. The van der Waals surface area contributed by atoms with E-state index in [1.807, 2.05) is 0 Å². The average molecular weight is 599 g/mol. The van der Waals surface area contributed by atoms with Gasteiger partial charge in [0.2, 0.25) is 0 Å². The first-order valence-electron chi connectivity index (χ1n) is 11.0. The van der Waals surface area contributed by atoms with E-state index in [-0.39, 0.29) is 34.7 Å². The van der Waals surface area contributed by atoms with Crippen molar-refractivity contribution in [3.63, 3.8) is 0 Å². The van der Waals surface area contributed by atoms with E-state index in [9.17, 15) is 41.1 Å². The molecule has 1 aromatic carbocycles. The first-order chi connectivity index (χ1) is 18.4. The van der Waals surface area contributed by atoms with Crippen molar-refractivity contribution in [3.05, 3.63) is 45.6 Å². The van der Waals surface area contributed by atoms with Crippen molar-refractivity contribution < 1.29 is 50.6 Å². The minimum atomic E-state index is -5.31. The topological polar surface area (TPSA) is 117 Å². The third-order valence-corrected chi connectivity index (χ3v) is 6.30. The molecule has 0 radical (unpaired) electrons. The van der Waals surface area contributed by atoms with Crippen molar-refractivity contribution in [1.29, 1.82) is 0 Å². The Labute approximate surface area is 226 Å². The zero-order valence-corrected chi connectivity index (χ0v) is 21.2. The first kappa shape index (κ1) is 30.0. The number of benzene rings is 1. The number of carbonyl (C=O) groups excluding carboxylic acids is 4. The smallest absolute Gasteiger partial charge is 0.443 e. The molecule has 3 rings (SSSR count). The summed E-state index contributed by atoms with van der Waals surface area (Å²) >= 11 is 6.61. The molecular formula is C22H20ClF5N4O6S. The molecule has 39 heavy (non-hydrogen) atoms. The van der Waals surface area contributed by atoms with Gasteiger partial charge in [-0.2, -0.15) is 0 Å². The molecular weight excluding hydrogens is 579 g/mol. The van der Waals surface area contributed by atoms with Crippen LogP contribution in [0.1, 0.15) is 9.67 Å². The summed E-state index contributed by atoms with van der Waals surface area (Å²) in [6.07, 6.45) is -9.99. The van der Waals surface area contributed by atoms with Crippen molar-refractivity contribution in [2.45, 2.75) is 18.8 Å². The quantitative estimate of drug-likeness (QED) is 0.338. The summed E-state index contributed by atoms with van der Waals surface area (Å²) in [5.74, 6) is -2.98. The Morgan fingerprint density at radius 2 is 1.85 bits per heavy atom. The molecule has 0 bridgehead atoms.